The minimum atomic E-state index is -0.774. The Morgan fingerprint density at radius 1 is 1.36 bits per heavy atom. The molecule has 5 heteroatoms. The zero-order chi connectivity index (χ0) is 16.5. The Balaban J connectivity index is 2.66. The summed E-state index contributed by atoms with van der Waals surface area (Å²) in [6.07, 6.45) is 2.10. The standard InChI is InChI=1S/C17H27NO4/c1-5-6-9-22-15-8-7-14(10-16(15)21-4)12-18(3)11-13(2)17(19)20/h7-8,10,13H,5-6,9,11-12H2,1-4H3,(H,19,20). The van der Waals surface area contributed by atoms with Crippen molar-refractivity contribution in [2.45, 2.75) is 33.2 Å². The van der Waals surface area contributed by atoms with Gasteiger partial charge in [-0.25, -0.2) is 0 Å². The summed E-state index contributed by atoms with van der Waals surface area (Å²) in [5.41, 5.74) is 1.07. The average molecular weight is 309 g/mol. The number of unbranched alkanes of at least 4 members (excludes halogenated alkanes) is 1. The molecule has 0 heterocycles. The number of nitrogens with zero attached hydrogens (tertiary/aromatic N) is 1. The number of ether oxygens (including phenoxy) is 2. The van der Waals surface area contributed by atoms with E-state index in [1.807, 2.05) is 30.1 Å². The Morgan fingerprint density at radius 2 is 2.09 bits per heavy atom. The Labute approximate surface area is 132 Å². The van der Waals surface area contributed by atoms with Gasteiger partial charge in [0.05, 0.1) is 19.6 Å². The van der Waals surface area contributed by atoms with E-state index in [1.165, 1.54) is 0 Å². The van der Waals surface area contributed by atoms with Crippen LogP contribution in [0.3, 0.4) is 0 Å². The van der Waals surface area contributed by atoms with Gasteiger partial charge in [-0.2, -0.15) is 0 Å². The average Bonchev–Trinajstić information content (AvgIpc) is 2.48. The topological polar surface area (TPSA) is 59.0 Å². The largest absolute Gasteiger partial charge is 0.493 e. The van der Waals surface area contributed by atoms with Crippen LogP contribution in [0.2, 0.25) is 0 Å². The molecular weight excluding hydrogens is 282 g/mol. The van der Waals surface area contributed by atoms with Crippen LogP contribution in [0.1, 0.15) is 32.3 Å². The van der Waals surface area contributed by atoms with E-state index < -0.39 is 5.97 Å². The van der Waals surface area contributed by atoms with Gasteiger partial charge in [0.1, 0.15) is 0 Å². The van der Waals surface area contributed by atoms with E-state index in [9.17, 15) is 4.79 Å². The molecule has 1 atom stereocenters. The van der Waals surface area contributed by atoms with Crippen LogP contribution in [0.4, 0.5) is 0 Å². The molecule has 0 aromatic heterocycles. The molecule has 0 spiro atoms. The first-order valence-corrected chi connectivity index (χ1v) is 7.69. The maximum atomic E-state index is 10.9. The molecule has 124 valence electrons. The molecule has 0 radical (unpaired) electrons. The Kier molecular flexibility index (Phi) is 7.74. The molecule has 0 aliphatic heterocycles. The van der Waals surface area contributed by atoms with Crippen LogP contribution in [0.15, 0.2) is 18.2 Å². The number of rotatable bonds is 10. The minimum Gasteiger partial charge on any atom is -0.493 e. The highest BCUT2D eigenvalue weighted by molar-refractivity contribution is 5.69. The van der Waals surface area contributed by atoms with E-state index in [-0.39, 0.29) is 5.92 Å². The summed E-state index contributed by atoms with van der Waals surface area (Å²) < 4.78 is 11.1. The van der Waals surface area contributed by atoms with E-state index in [0.29, 0.717) is 25.4 Å². The maximum absolute atomic E-state index is 10.9. The molecule has 0 aliphatic carbocycles. The molecule has 22 heavy (non-hydrogen) atoms. The lowest BCUT2D eigenvalue weighted by Gasteiger charge is -2.20. The van der Waals surface area contributed by atoms with Crippen molar-refractivity contribution in [3.8, 4) is 11.5 Å². The second-order valence-electron chi connectivity index (χ2n) is 5.62. The first kappa shape index (κ1) is 18.3. The van der Waals surface area contributed by atoms with Gasteiger partial charge in [0.15, 0.2) is 11.5 Å². The van der Waals surface area contributed by atoms with Crippen molar-refractivity contribution in [1.29, 1.82) is 0 Å². The van der Waals surface area contributed by atoms with Crippen LogP contribution in [-0.2, 0) is 11.3 Å². The third-order valence-electron chi connectivity index (χ3n) is 3.44. The predicted octanol–water partition coefficient (Wildman–Crippen LogP) is 3.03. The summed E-state index contributed by atoms with van der Waals surface area (Å²) in [5.74, 6) is 0.308. The molecule has 1 unspecified atom stereocenters. The molecule has 0 fully saturated rings. The van der Waals surface area contributed by atoms with Gasteiger partial charge in [-0.15, -0.1) is 0 Å². The van der Waals surface area contributed by atoms with Crippen LogP contribution in [-0.4, -0.2) is 43.3 Å². The van der Waals surface area contributed by atoms with Crippen molar-refractivity contribution in [2.24, 2.45) is 5.92 Å². The summed E-state index contributed by atoms with van der Waals surface area (Å²) in [5, 5.41) is 8.96. The molecular formula is C17H27NO4. The van der Waals surface area contributed by atoms with E-state index in [2.05, 4.69) is 6.92 Å². The molecule has 0 saturated heterocycles. The van der Waals surface area contributed by atoms with Gasteiger partial charge in [0.2, 0.25) is 0 Å². The van der Waals surface area contributed by atoms with Gasteiger partial charge in [-0.1, -0.05) is 26.3 Å². The van der Waals surface area contributed by atoms with Crippen molar-refractivity contribution < 1.29 is 19.4 Å². The van der Waals surface area contributed by atoms with Gasteiger partial charge in [0.25, 0.3) is 0 Å². The summed E-state index contributed by atoms with van der Waals surface area (Å²) in [4.78, 5) is 12.9. The summed E-state index contributed by atoms with van der Waals surface area (Å²) >= 11 is 0. The lowest BCUT2D eigenvalue weighted by molar-refractivity contribution is -0.141. The number of carboxylic acid groups (broad SMARTS) is 1. The molecule has 5 nitrogen and oxygen atoms in total. The highest BCUT2D eigenvalue weighted by atomic mass is 16.5. The van der Waals surface area contributed by atoms with E-state index in [1.54, 1.807) is 14.0 Å². The number of methoxy groups -OCH3 is 1. The van der Waals surface area contributed by atoms with E-state index >= 15 is 0 Å². The zero-order valence-corrected chi connectivity index (χ0v) is 14.0. The number of hydrogen-bond donors (Lipinski definition) is 1. The molecule has 0 bridgehead atoms. The number of benzene rings is 1. The van der Waals surface area contributed by atoms with Gasteiger partial charge in [-0.05, 0) is 31.2 Å². The number of carboxylic acids is 1. The third-order valence-corrected chi connectivity index (χ3v) is 3.44. The third kappa shape index (κ3) is 5.93. The second kappa shape index (κ2) is 9.30. The van der Waals surface area contributed by atoms with Crippen LogP contribution in [0, 0.1) is 5.92 Å². The molecule has 0 saturated carbocycles. The molecule has 0 amide bonds. The molecule has 1 N–H and O–H groups in total. The van der Waals surface area contributed by atoms with Crippen LogP contribution in [0.25, 0.3) is 0 Å². The summed E-state index contributed by atoms with van der Waals surface area (Å²) in [7, 11) is 3.54. The van der Waals surface area contributed by atoms with Crippen molar-refractivity contribution in [3.63, 3.8) is 0 Å². The maximum Gasteiger partial charge on any atom is 0.307 e. The second-order valence-corrected chi connectivity index (χ2v) is 5.62. The first-order chi connectivity index (χ1) is 10.5. The van der Waals surface area contributed by atoms with Gasteiger partial charge in [-0.3, -0.25) is 4.79 Å². The highest BCUT2D eigenvalue weighted by Gasteiger charge is 2.14. The van der Waals surface area contributed by atoms with Crippen LogP contribution < -0.4 is 9.47 Å². The smallest absolute Gasteiger partial charge is 0.307 e. The summed E-state index contributed by atoms with van der Waals surface area (Å²) in [6, 6.07) is 5.85. The van der Waals surface area contributed by atoms with Gasteiger partial charge < -0.3 is 19.5 Å². The van der Waals surface area contributed by atoms with Gasteiger partial charge in [0, 0.05) is 13.1 Å². The Hall–Kier alpha value is -1.75. The van der Waals surface area contributed by atoms with E-state index in [0.717, 1.165) is 24.2 Å². The lowest BCUT2D eigenvalue weighted by atomic mass is 10.1. The predicted molar refractivity (Wildman–Crippen MR) is 86.5 cm³/mol. The molecule has 0 aliphatic rings. The Bertz CT molecular complexity index is 476. The fraction of sp³-hybridized carbons (Fsp3) is 0.588. The van der Waals surface area contributed by atoms with Crippen LogP contribution in [0.5, 0.6) is 11.5 Å². The first-order valence-electron chi connectivity index (χ1n) is 7.69. The van der Waals surface area contributed by atoms with Crippen LogP contribution >= 0.6 is 0 Å². The molecule has 1 aromatic carbocycles. The quantitative estimate of drug-likeness (QED) is 0.673. The number of carbonyl (C=O) groups is 1. The summed E-state index contributed by atoms with van der Waals surface area (Å²) in [6.45, 7) is 5.69. The lowest BCUT2D eigenvalue weighted by Crippen LogP contribution is -2.28. The minimum absolute atomic E-state index is 0.386. The van der Waals surface area contributed by atoms with Gasteiger partial charge >= 0.3 is 5.97 Å². The SMILES string of the molecule is CCCCOc1ccc(CN(C)CC(C)C(=O)O)cc1OC. The monoisotopic (exact) mass is 309 g/mol. The fourth-order valence-electron chi connectivity index (χ4n) is 2.18. The number of aliphatic carboxylic acids is 1. The van der Waals surface area contributed by atoms with Crippen molar-refractivity contribution in [2.75, 3.05) is 27.3 Å². The normalized spacial score (nSPS) is 12.2. The van der Waals surface area contributed by atoms with Crippen molar-refractivity contribution in [3.05, 3.63) is 23.8 Å². The van der Waals surface area contributed by atoms with E-state index in [4.69, 9.17) is 14.6 Å². The van der Waals surface area contributed by atoms with Crippen molar-refractivity contribution in [1.82, 2.24) is 4.90 Å². The Morgan fingerprint density at radius 3 is 2.68 bits per heavy atom. The highest BCUT2D eigenvalue weighted by Crippen LogP contribution is 2.28. The molecule has 1 aromatic rings. The number of hydrogen-bond acceptors (Lipinski definition) is 4. The van der Waals surface area contributed by atoms with Crippen molar-refractivity contribution >= 4 is 5.97 Å². The zero-order valence-electron chi connectivity index (χ0n) is 14.0. The fourth-order valence-corrected chi connectivity index (χ4v) is 2.18. The molecule has 1 rings (SSSR count).